The Labute approximate surface area is 115 Å². The summed E-state index contributed by atoms with van der Waals surface area (Å²) in [6.45, 7) is 3.14. The number of carboxylic acid groups (broad SMARTS) is 1. The summed E-state index contributed by atoms with van der Waals surface area (Å²) in [5.41, 5.74) is 0.340. The minimum atomic E-state index is -0.861. The predicted octanol–water partition coefficient (Wildman–Crippen LogP) is 0.546. The van der Waals surface area contributed by atoms with Gasteiger partial charge in [-0.3, -0.25) is 14.5 Å². The highest BCUT2D eigenvalue weighted by Gasteiger charge is 2.10. The topological polar surface area (TPSA) is 88.3 Å². The molecule has 0 bridgehead atoms. The average molecular weight is 276 g/mol. The molecule has 0 radical (unpaired) electrons. The highest BCUT2D eigenvalue weighted by molar-refractivity contribution is 5.76. The maximum atomic E-state index is 12.2. The van der Waals surface area contributed by atoms with E-state index in [2.05, 4.69) is 10.3 Å². The molecule has 1 N–H and O–H groups in total. The molecule has 7 nitrogen and oxygen atoms in total. The molecule has 0 aliphatic carbocycles. The summed E-state index contributed by atoms with van der Waals surface area (Å²) >= 11 is 0. The van der Waals surface area contributed by atoms with Crippen molar-refractivity contribution >= 4 is 16.9 Å². The standard InChI is InChI=1S/C13H16N4O3/c1-2-16(8-7-12(18)19)9-17-13(20)10-5-3-4-6-11(10)14-15-17/h3-6H,2,7-9H2,1H3,(H,18,19). The molecule has 0 aliphatic rings. The van der Waals surface area contributed by atoms with Crippen molar-refractivity contribution in [3.05, 3.63) is 34.6 Å². The summed E-state index contributed by atoms with van der Waals surface area (Å²) in [5, 5.41) is 17.1. The molecule has 0 saturated heterocycles. The van der Waals surface area contributed by atoms with Gasteiger partial charge in [0.15, 0.2) is 0 Å². The van der Waals surface area contributed by atoms with Gasteiger partial charge in [-0.15, -0.1) is 5.10 Å². The second kappa shape index (κ2) is 6.25. The van der Waals surface area contributed by atoms with E-state index in [0.717, 1.165) is 0 Å². The molecule has 2 rings (SSSR count). The number of aromatic nitrogens is 3. The van der Waals surface area contributed by atoms with Crippen LogP contribution < -0.4 is 5.56 Å². The van der Waals surface area contributed by atoms with Gasteiger partial charge in [-0.25, -0.2) is 0 Å². The van der Waals surface area contributed by atoms with Gasteiger partial charge in [-0.2, -0.15) is 4.68 Å². The van der Waals surface area contributed by atoms with Crippen LogP contribution in [0.1, 0.15) is 13.3 Å². The molecule has 0 atom stereocenters. The van der Waals surface area contributed by atoms with Gasteiger partial charge < -0.3 is 5.11 Å². The van der Waals surface area contributed by atoms with Crippen molar-refractivity contribution in [2.24, 2.45) is 0 Å². The minimum absolute atomic E-state index is 0.0313. The van der Waals surface area contributed by atoms with Gasteiger partial charge in [-0.05, 0) is 18.7 Å². The second-order valence-corrected chi connectivity index (χ2v) is 4.41. The molecule has 20 heavy (non-hydrogen) atoms. The van der Waals surface area contributed by atoms with E-state index < -0.39 is 5.97 Å². The van der Waals surface area contributed by atoms with E-state index in [0.29, 0.717) is 24.0 Å². The van der Waals surface area contributed by atoms with Crippen molar-refractivity contribution in [1.29, 1.82) is 0 Å². The lowest BCUT2D eigenvalue weighted by molar-refractivity contribution is -0.137. The highest BCUT2D eigenvalue weighted by atomic mass is 16.4. The number of rotatable bonds is 6. The van der Waals surface area contributed by atoms with Crippen LogP contribution in [-0.2, 0) is 11.5 Å². The number of aliphatic carboxylic acids is 1. The maximum Gasteiger partial charge on any atom is 0.304 e. The molecule has 0 unspecified atom stereocenters. The van der Waals surface area contributed by atoms with E-state index in [1.54, 1.807) is 24.3 Å². The molecule has 0 aliphatic heterocycles. The molecular formula is C13H16N4O3. The van der Waals surface area contributed by atoms with Crippen LogP contribution in [0.2, 0.25) is 0 Å². The highest BCUT2D eigenvalue weighted by Crippen LogP contribution is 2.03. The number of benzene rings is 1. The summed E-state index contributed by atoms with van der Waals surface area (Å²) in [6.07, 6.45) is 0.0313. The van der Waals surface area contributed by atoms with E-state index >= 15 is 0 Å². The SMILES string of the molecule is CCN(CCC(=O)O)Cn1nnc2ccccc2c1=O. The summed E-state index contributed by atoms with van der Waals surface area (Å²) in [4.78, 5) is 24.7. The van der Waals surface area contributed by atoms with Crippen molar-refractivity contribution in [1.82, 2.24) is 19.9 Å². The lowest BCUT2D eigenvalue weighted by Crippen LogP contribution is -2.35. The van der Waals surface area contributed by atoms with E-state index in [4.69, 9.17) is 5.11 Å². The zero-order chi connectivity index (χ0) is 14.5. The largest absolute Gasteiger partial charge is 0.481 e. The first kappa shape index (κ1) is 14.1. The van der Waals surface area contributed by atoms with Gasteiger partial charge in [0.2, 0.25) is 0 Å². The normalized spacial score (nSPS) is 11.1. The Hall–Kier alpha value is -2.28. The molecule has 1 aromatic carbocycles. The Balaban J connectivity index is 2.22. The molecule has 0 saturated carbocycles. The van der Waals surface area contributed by atoms with Crippen LogP contribution in [-0.4, -0.2) is 44.1 Å². The van der Waals surface area contributed by atoms with Crippen molar-refractivity contribution in [2.75, 3.05) is 13.1 Å². The quantitative estimate of drug-likeness (QED) is 0.828. The van der Waals surface area contributed by atoms with Crippen molar-refractivity contribution in [2.45, 2.75) is 20.0 Å². The van der Waals surface area contributed by atoms with Crippen molar-refractivity contribution < 1.29 is 9.90 Å². The number of nitrogens with zero attached hydrogens (tertiary/aromatic N) is 4. The Kier molecular flexibility index (Phi) is 4.41. The van der Waals surface area contributed by atoms with Crippen molar-refractivity contribution in [3.8, 4) is 0 Å². The van der Waals surface area contributed by atoms with Crippen LogP contribution in [0.15, 0.2) is 29.1 Å². The zero-order valence-electron chi connectivity index (χ0n) is 11.2. The van der Waals surface area contributed by atoms with Gasteiger partial charge >= 0.3 is 5.97 Å². The van der Waals surface area contributed by atoms with Crippen LogP contribution in [0.4, 0.5) is 0 Å². The van der Waals surface area contributed by atoms with Crippen LogP contribution in [0.3, 0.4) is 0 Å². The van der Waals surface area contributed by atoms with Gasteiger partial charge in [0.1, 0.15) is 5.52 Å². The van der Waals surface area contributed by atoms with Crippen molar-refractivity contribution in [3.63, 3.8) is 0 Å². The molecule has 1 heterocycles. The smallest absolute Gasteiger partial charge is 0.304 e. The lowest BCUT2D eigenvalue weighted by atomic mass is 10.2. The van der Waals surface area contributed by atoms with E-state index in [-0.39, 0.29) is 18.6 Å². The summed E-state index contributed by atoms with van der Waals surface area (Å²) in [5.74, 6) is -0.861. The first-order valence-electron chi connectivity index (χ1n) is 6.38. The van der Waals surface area contributed by atoms with Crippen LogP contribution >= 0.6 is 0 Å². The number of carboxylic acids is 1. The minimum Gasteiger partial charge on any atom is -0.481 e. The summed E-state index contributed by atoms with van der Waals surface area (Å²) in [7, 11) is 0. The average Bonchev–Trinajstić information content (AvgIpc) is 2.45. The van der Waals surface area contributed by atoms with E-state index in [1.165, 1.54) is 4.68 Å². The fraction of sp³-hybridized carbons (Fsp3) is 0.385. The Bertz CT molecular complexity index is 668. The van der Waals surface area contributed by atoms with Gasteiger partial charge in [0, 0.05) is 6.54 Å². The molecule has 7 heteroatoms. The zero-order valence-corrected chi connectivity index (χ0v) is 11.2. The lowest BCUT2D eigenvalue weighted by Gasteiger charge is -2.19. The van der Waals surface area contributed by atoms with E-state index in [1.807, 2.05) is 11.8 Å². The van der Waals surface area contributed by atoms with Gasteiger partial charge in [0.25, 0.3) is 5.56 Å². The maximum absolute atomic E-state index is 12.2. The third-order valence-electron chi connectivity index (χ3n) is 3.05. The number of hydrogen-bond acceptors (Lipinski definition) is 5. The first-order chi connectivity index (χ1) is 9.61. The molecule has 0 amide bonds. The Morgan fingerprint density at radius 2 is 2.15 bits per heavy atom. The molecule has 2 aromatic rings. The third kappa shape index (κ3) is 3.18. The Morgan fingerprint density at radius 1 is 1.40 bits per heavy atom. The van der Waals surface area contributed by atoms with Gasteiger partial charge in [-0.1, -0.05) is 24.3 Å². The molecule has 0 spiro atoms. The number of hydrogen-bond donors (Lipinski definition) is 1. The predicted molar refractivity (Wildman–Crippen MR) is 73.3 cm³/mol. The fourth-order valence-corrected chi connectivity index (χ4v) is 1.89. The number of carbonyl (C=O) groups is 1. The second-order valence-electron chi connectivity index (χ2n) is 4.41. The molecule has 106 valence electrons. The first-order valence-corrected chi connectivity index (χ1v) is 6.38. The van der Waals surface area contributed by atoms with Crippen LogP contribution in [0, 0.1) is 0 Å². The van der Waals surface area contributed by atoms with Gasteiger partial charge in [0.05, 0.1) is 18.5 Å². The monoisotopic (exact) mass is 276 g/mol. The number of fused-ring (bicyclic) bond motifs is 1. The Morgan fingerprint density at radius 3 is 2.85 bits per heavy atom. The fourth-order valence-electron chi connectivity index (χ4n) is 1.89. The molecular weight excluding hydrogens is 260 g/mol. The van der Waals surface area contributed by atoms with Crippen LogP contribution in [0.25, 0.3) is 10.9 Å². The summed E-state index contributed by atoms with van der Waals surface area (Å²) in [6, 6.07) is 7.01. The molecule has 1 aromatic heterocycles. The third-order valence-corrected chi connectivity index (χ3v) is 3.05. The van der Waals surface area contributed by atoms with E-state index in [9.17, 15) is 9.59 Å². The molecule has 0 fully saturated rings. The van der Waals surface area contributed by atoms with Crippen LogP contribution in [0.5, 0.6) is 0 Å². The summed E-state index contributed by atoms with van der Waals surface area (Å²) < 4.78 is 1.26.